The van der Waals surface area contributed by atoms with Crippen LogP contribution in [-0.4, -0.2) is 35.2 Å². The lowest BCUT2D eigenvalue weighted by Gasteiger charge is -2.29. The Balaban J connectivity index is 1.78. The zero-order valence-corrected chi connectivity index (χ0v) is 11.2. The third-order valence-electron chi connectivity index (χ3n) is 4.24. The first kappa shape index (κ1) is 12.9. The van der Waals surface area contributed by atoms with Crippen molar-refractivity contribution in [1.82, 2.24) is 4.90 Å². The van der Waals surface area contributed by atoms with Gasteiger partial charge in [0.15, 0.2) is 0 Å². The summed E-state index contributed by atoms with van der Waals surface area (Å²) in [6.45, 7) is 2.66. The molecular weight excluding hydrogens is 210 g/mol. The first-order valence-electron chi connectivity index (χ1n) is 7.02. The van der Waals surface area contributed by atoms with E-state index in [0.717, 1.165) is 19.4 Å². The van der Waals surface area contributed by atoms with Crippen LogP contribution in [0.1, 0.15) is 51.9 Å². The van der Waals surface area contributed by atoms with Gasteiger partial charge in [0.2, 0.25) is 0 Å². The Kier molecular flexibility index (Phi) is 4.12. The molecule has 0 aliphatic heterocycles. The Morgan fingerprint density at radius 3 is 2.41 bits per heavy atom. The molecule has 0 aromatic rings. The van der Waals surface area contributed by atoms with Crippen molar-refractivity contribution in [3.05, 3.63) is 0 Å². The quantitative estimate of drug-likeness (QED) is 0.759. The highest BCUT2D eigenvalue weighted by Crippen LogP contribution is 2.38. The molecule has 1 N–H and O–H groups in total. The van der Waals surface area contributed by atoms with Gasteiger partial charge in [-0.15, -0.1) is 0 Å². The summed E-state index contributed by atoms with van der Waals surface area (Å²) < 4.78 is 0. The van der Waals surface area contributed by atoms with E-state index < -0.39 is 5.60 Å². The molecule has 2 rings (SSSR count). The second-order valence-corrected chi connectivity index (χ2v) is 5.93. The first-order chi connectivity index (χ1) is 8.09. The minimum atomic E-state index is -0.743. The molecule has 0 aromatic carbocycles. The fourth-order valence-electron chi connectivity index (χ4n) is 2.74. The van der Waals surface area contributed by atoms with Crippen LogP contribution in [0, 0.1) is 17.8 Å². The van der Waals surface area contributed by atoms with Crippen LogP contribution in [0.2, 0.25) is 0 Å². The standard InChI is InChI=1S/C15H25NO/c1-15(17,13-9-10-13)11-6-12-16(2)14-7-4-3-5-8-14/h13-14,17H,3-5,7-10,12H2,1-2H3/t15-/m0/s1. The number of nitrogens with zero attached hydrogens (tertiary/aromatic N) is 1. The van der Waals surface area contributed by atoms with Gasteiger partial charge in [0.25, 0.3) is 0 Å². The molecule has 0 saturated heterocycles. The minimum absolute atomic E-state index is 0.426. The molecule has 96 valence electrons. The van der Waals surface area contributed by atoms with Crippen LogP contribution in [0.15, 0.2) is 0 Å². The van der Waals surface area contributed by atoms with Crippen molar-refractivity contribution in [3.63, 3.8) is 0 Å². The van der Waals surface area contributed by atoms with Crippen molar-refractivity contribution < 1.29 is 5.11 Å². The summed E-state index contributed by atoms with van der Waals surface area (Å²) in [6.07, 6.45) is 9.03. The molecule has 0 amide bonds. The minimum Gasteiger partial charge on any atom is -0.378 e. The second kappa shape index (κ2) is 5.42. The lowest BCUT2D eigenvalue weighted by atomic mass is 9.94. The van der Waals surface area contributed by atoms with Crippen LogP contribution in [0.5, 0.6) is 0 Å². The van der Waals surface area contributed by atoms with Gasteiger partial charge in [0, 0.05) is 6.04 Å². The number of hydrogen-bond donors (Lipinski definition) is 1. The van der Waals surface area contributed by atoms with Crippen molar-refractivity contribution >= 4 is 0 Å². The molecule has 2 saturated carbocycles. The molecule has 2 aliphatic carbocycles. The van der Waals surface area contributed by atoms with E-state index in [-0.39, 0.29) is 0 Å². The third-order valence-corrected chi connectivity index (χ3v) is 4.24. The van der Waals surface area contributed by atoms with Crippen molar-refractivity contribution in [2.45, 2.75) is 63.5 Å². The lowest BCUT2D eigenvalue weighted by molar-refractivity contribution is 0.0977. The molecule has 0 unspecified atom stereocenters. The summed E-state index contributed by atoms with van der Waals surface area (Å²) in [5, 5.41) is 10.1. The Morgan fingerprint density at radius 1 is 1.18 bits per heavy atom. The average Bonchev–Trinajstić information content (AvgIpc) is 3.14. The zero-order valence-electron chi connectivity index (χ0n) is 11.2. The van der Waals surface area contributed by atoms with Crippen LogP contribution < -0.4 is 0 Å². The Labute approximate surface area is 105 Å². The summed E-state index contributed by atoms with van der Waals surface area (Å²) in [6, 6.07) is 0.712. The highest BCUT2D eigenvalue weighted by atomic mass is 16.3. The van der Waals surface area contributed by atoms with E-state index in [1.165, 1.54) is 32.1 Å². The third kappa shape index (κ3) is 3.72. The van der Waals surface area contributed by atoms with E-state index >= 15 is 0 Å². The molecule has 17 heavy (non-hydrogen) atoms. The SMILES string of the molecule is CN(CC#C[C@](C)(O)C1CC1)C1CCCCC1. The van der Waals surface area contributed by atoms with Gasteiger partial charge >= 0.3 is 0 Å². The fourth-order valence-corrected chi connectivity index (χ4v) is 2.74. The van der Waals surface area contributed by atoms with Crippen LogP contribution in [0.4, 0.5) is 0 Å². The number of hydrogen-bond acceptors (Lipinski definition) is 2. The van der Waals surface area contributed by atoms with Gasteiger partial charge < -0.3 is 5.11 Å². The van der Waals surface area contributed by atoms with Gasteiger partial charge in [-0.1, -0.05) is 31.1 Å². The molecule has 0 bridgehead atoms. The lowest BCUT2D eigenvalue weighted by Crippen LogP contribution is -2.34. The van der Waals surface area contributed by atoms with Crippen molar-refractivity contribution in [3.8, 4) is 11.8 Å². The summed E-state index contributed by atoms with van der Waals surface area (Å²) in [4.78, 5) is 2.36. The predicted molar refractivity (Wildman–Crippen MR) is 70.6 cm³/mol. The fraction of sp³-hybridized carbons (Fsp3) is 0.867. The van der Waals surface area contributed by atoms with Gasteiger partial charge in [0.1, 0.15) is 5.60 Å². The zero-order chi connectivity index (χ0) is 12.3. The Hall–Kier alpha value is -0.520. The molecule has 0 spiro atoms. The largest absolute Gasteiger partial charge is 0.378 e. The van der Waals surface area contributed by atoms with E-state index in [4.69, 9.17) is 0 Å². The summed E-state index contributed by atoms with van der Waals surface area (Å²) in [5.41, 5.74) is -0.743. The van der Waals surface area contributed by atoms with Crippen LogP contribution in [0.3, 0.4) is 0 Å². The van der Waals surface area contributed by atoms with Gasteiger partial charge in [-0.05, 0) is 45.6 Å². The monoisotopic (exact) mass is 235 g/mol. The predicted octanol–water partition coefficient (Wildman–Crippen LogP) is 2.42. The highest BCUT2D eigenvalue weighted by molar-refractivity contribution is 5.17. The molecular formula is C15H25NO. The van der Waals surface area contributed by atoms with E-state index in [1.54, 1.807) is 0 Å². The van der Waals surface area contributed by atoms with Crippen LogP contribution in [0.25, 0.3) is 0 Å². The van der Waals surface area contributed by atoms with Crippen molar-refractivity contribution in [2.24, 2.45) is 5.92 Å². The van der Waals surface area contributed by atoms with Gasteiger partial charge in [-0.3, -0.25) is 4.90 Å². The maximum atomic E-state index is 10.1. The van der Waals surface area contributed by atoms with E-state index in [1.807, 2.05) is 6.92 Å². The maximum absolute atomic E-state index is 10.1. The molecule has 0 aromatic heterocycles. The smallest absolute Gasteiger partial charge is 0.125 e. The topological polar surface area (TPSA) is 23.5 Å². The summed E-state index contributed by atoms with van der Waals surface area (Å²) in [5.74, 6) is 6.65. The van der Waals surface area contributed by atoms with E-state index in [2.05, 4.69) is 23.8 Å². The molecule has 0 heterocycles. The molecule has 0 radical (unpaired) electrons. The molecule has 1 atom stereocenters. The second-order valence-electron chi connectivity index (χ2n) is 5.93. The van der Waals surface area contributed by atoms with Gasteiger partial charge in [-0.2, -0.15) is 0 Å². The Morgan fingerprint density at radius 2 is 1.82 bits per heavy atom. The normalized spacial score (nSPS) is 25.2. The highest BCUT2D eigenvalue weighted by Gasteiger charge is 2.38. The van der Waals surface area contributed by atoms with Crippen molar-refractivity contribution in [2.75, 3.05) is 13.6 Å². The molecule has 2 heteroatoms. The number of aliphatic hydroxyl groups is 1. The summed E-state index contributed by atoms with van der Waals surface area (Å²) in [7, 11) is 2.16. The summed E-state index contributed by atoms with van der Waals surface area (Å²) >= 11 is 0. The molecule has 2 nitrogen and oxygen atoms in total. The van der Waals surface area contributed by atoms with Crippen molar-refractivity contribution in [1.29, 1.82) is 0 Å². The van der Waals surface area contributed by atoms with Gasteiger partial charge in [-0.25, -0.2) is 0 Å². The van der Waals surface area contributed by atoms with E-state index in [0.29, 0.717) is 12.0 Å². The Bertz CT molecular complexity index is 303. The maximum Gasteiger partial charge on any atom is 0.125 e. The molecule has 2 aliphatic rings. The van der Waals surface area contributed by atoms with Gasteiger partial charge in [0.05, 0.1) is 6.54 Å². The van der Waals surface area contributed by atoms with Crippen LogP contribution >= 0.6 is 0 Å². The van der Waals surface area contributed by atoms with Crippen LogP contribution in [-0.2, 0) is 0 Å². The van der Waals surface area contributed by atoms with E-state index in [9.17, 15) is 5.11 Å². The first-order valence-corrected chi connectivity index (χ1v) is 7.02. The number of rotatable bonds is 3. The average molecular weight is 235 g/mol. The molecule has 2 fully saturated rings.